The van der Waals surface area contributed by atoms with E-state index < -0.39 is 10.2 Å². The molecular weight excluding hydrogens is 290 g/mol. The molecule has 0 aromatic rings. The van der Waals surface area contributed by atoms with E-state index in [4.69, 9.17) is 4.74 Å². The van der Waals surface area contributed by atoms with Gasteiger partial charge in [-0.25, -0.2) is 4.72 Å². The number of unbranched alkanes of at least 4 members (excludes halogenated alkanes) is 1. The minimum Gasteiger partial charge on any atom is -0.385 e. The number of hydrogen-bond acceptors (Lipinski definition) is 4. The van der Waals surface area contributed by atoms with Crippen LogP contribution in [0.2, 0.25) is 0 Å². The Morgan fingerprint density at radius 1 is 1.19 bits per heavy atom. The number of hydrogen-bond donors (Lipinski definition) is 2. The van der Waals surface area contributed by atoms with E-state index in [0.717, 1.165) is 45.2 Å². The molecule has 0 unspecified atom stereocenters. The van der Waals surface area contributed by atoms with Gasteiger partial charge in [-0.15, -0.1) is 0 Å². The zero-order chi connectivity index (χ0) is 15.6. The highest BCUT2D eigenvalue weighted by molar-refractivity contribution is 7.87. The topological polar surface area (TPSA) is 70.7 Å². The van der Waals surface area contributed by atoms with Crippen molar-refractivity contribution in [2.45, 2.75) is 39.0 Å². The van der Waals surface area contributed by atoms with Gasteiger partial charge in [0.05, 0.1) is 0 Å². The number of methoxy groups -OCH3 is 1. The first kappa shape index (κ1) is 18.8. The summed E-state index contributed by atoms with van der Waals surface area (Å²) in [5.74, 6) is 0.602. The van der Waals surface area contributed by atoms with E-state index in [0.29, 0.717) is 32.2 Å². The van der Waals surface area contributed by atoms with Crippen molar-refractivity contribution in [3.8, 4) is 0 Å². The van der Waals surface area contributed by atoms with E-state index in [1.165, 1.54) is 0 Å². The highest BCUT2D eigenvalue weighted by Crippen LogP contribution is 2.18. The molecule has 2 N–H and O–H groups in total. The summed E-state index contributed by atoms with van der Waals surface area (Å²) in [6.07, 6.45) is 4.72. The van der Waals surface area contributed by atoms with Gasteiger partial charge in [0, 0.05) is 33.4 Å². The summed E-state index contributed by atoms with van der Waals surface area (Å²) in [6.45, 7) is 6.63. The maximum atomic E-state index is 12.2. The van der Waals surface area contributed by atoms with Crippen molar-refractivity contribution in [2.24, 2.45) is 5.92 Å². The molecule has 1 saturated heterocycles. The third kappa shape index (κ3) is 7.56. The van der Waals surface area contributed by atoms with E-state index in [1.807, 2.05) is 0 Å². The second-order valence-electron chi connectivity index (χ2n) is 5.65. The van der Waals surface area contributed by atoms with Crippen molar-refractivity contribution in [1.29, 1.82) is 0 Å². The maximum absolute atomic E-state index is 12.2. The Labute approximate surface area is 129 Å². The van der Waals surface area contributed by atoms with Crippen LogP contribution in [-0.4, -0.2) is 59.2 Å². The van der Waals surface area contributed by atoms with Gasteiger partial charge in [0.2, 0.25) is 0 Å². The third-order valence-corrected chi connectivity index (χ3v) is 5.45. The largest absolute Gasteiger partial charge is 0.385 e. The van der Waals surface area contributed by atoms with Crippen molar-refractivity contribution >= 4 is 10.2 Å². The molecule has 1 heterocycles. The highest BCUT2D eigenvalue weighted by Gasteiger charge is 2.27. The lowest BCUT2D eigenvalue weighted by Gasteiger charge is -2.31. The lowest BCUT2D eigenvalue weighted by Crippen LogP contribution is -2.46. The van der Waals surface area contributed by atoms with Crippen molar-refractivity contribution < 1.29 is 13.2 Å². The predicted molar refractivity (Wildman–Crippen MR) is 85.5 cm³/mol. The minimum atomic E-state index is -3.30. The molecule has 0 aromatic carbocycles. The summed E-state index contributed by atoms with van der Waals surface area (Å²) in [7, 11) is -1.64. The van der Waals surface area contributed by atoms with Crippen LogP contribution in [0.3, 0.4) is 0 Å². The van der Waals surface area contributed by atoms with Gasteiger partial charge >= 0.3 is 0 Å². The Hall–Kier alpha value is -0.210. The number of nitrogens with zero attached hydrogens (tertiary/aromatic N) is 1. The van der Waals surface area contributed by atoms with Crippen LogP contribution in [0, 0.1) is 5.92 Å². The molecule has 1 fully saturated rings. The van der Waals surface area contributed by atoms with Crippen LogP contribution in [0.4, 0.5) is 0 Å². The monoisotopic (exact) mass is 321 g/mol. The second-order valence-corrected chi connectivity index (χ2v) is 7.40. The zero-order valence-electron chi connectivity index (χ0n) is 13.4. The molecule has 1 aliphatic heterocycles. The molecule has 1 rings (SSSR count). The second kappa shape index (κ2) is 10.5. The Morgan fingerprint density at radius 3 is 2.52 bits per heavy atom. The van der Waals surface area contributed by atoms with Crippen molar-refractivity contribution in [3.63, 3.8) is 0 Å². The SMILES string of the molecule is CCCNCC1CCN(S(=O)(=O)NCCCCOC)CC1. The molecule has 126 valence electrons. The molecule has 7 heteroatoms. The van der Waals surface area contributed by atoms with Crippen molar-refractivity contribution in [1.82, 2.24) is 14.3 Å². The predicted octanol–water partition coefficient (Wildman–Crippen LogP) is 0.959. The number of ether oxygens (including phenoxy) is 1. The molecule has 0 atom stereocenters. The molecule has 0 amide bonds. The lowest BCUT2D eigenvalue weighted by atomic mass is 9.98. The van der Waals surface area contributed by atoms with E-state index in [-0.39, 0.29) is 0 Å². The summed E-state index contributed by atoms with van der Waals surface area (Å²) in [6, 6.07) is 0. The van der Waals surface area contributed by atoms with Crippen LogP contribution in [0.1, 0.15) is 39.0 Å². The average Bonchev–Trinajstić information content (AvgIpc) is 2.48. The smallest absolute Gasteiger partial charge is 0.279 e. The fourth-order valence-corrected chi connectivity index (χ4v) is 3.78. The first-order valence-electron chi connectivity index (χ1n) is 8.04. The molecular formula is C14H31N3O3S. The Morgan fingerprint density at radius 2 is 1.90 bits per heavy atom. The van der Waals surface area contributed by atoms with Gasteiger partial charge in [0.1, 0.15) is 0 Å². The van der Waals surface area contributed by atoms with Crippen LogP contribution in [-0.2, 0) is 14.9 Å². The van der Waals surface area contributed by atoms with Crippen LogP contribution in [0.25, 0.3) is 0 Å². The van der Waals surface area contributed by atoms with Crippen molar-refractivity contribution in [3.05, 3.63) is 0 Å². The average molecular weight is 321 g/mol. The Bertz CT molecular complexity index is 354. The molecule has 6 nitrogen and oxygen atoms in total. The first-order chi connectivity index (χ1) is 10.1. The number of nitrogens with one attached hydrogen (secondary N) is 2. The normalized spacial score (nSPS) is 18.2. The van der Waals surface area contributed by atoms with Crippen LogP contribution >= 0.6 is 0 Å². The fourth-order valence-electron chi connectivity index (χ4n) is 2.50. The van der Waals surface area contributed by atoms with Crippen LogP contribution < -0.4 is 10.0 Å². The summed E-state index contributed by atoms with van der Waals surface area (Å²) in [5, 5.41) is 3.42. The van der Waals surface area contributed by atoms with Gasteiger partial charge in [-0.1, -0.05) is 6.92 Å². The molecule has 0 bridgehead atoms. The zero-order valence-corrected chi connectivity index (χ0v) is 14.3. The van der Waals surface area contributed by atoms with Crippen molar-refractivity contribution in [2.75, 3.05) is 46.4 Å². The van der Waals surface area contributed by atoms with Gasteiger partial charge in [-0.3, -0.25) is 0 Å². The standard InChI is InChI=1S/C14H31N3O3S/c1-3-8-15-13-14-6-10-17(11-7-14)21(18,19)16-9-4-5-12-20-2/h14-16H,3-13H2,1-2H3. The summed E-state index contributed by atoms with van der Waals surface area (Å²) < 4.78 is 33.5. The first-order valence-corrected chi connectivity index (χ1v) is 9.48. The van der Waals surface area contributed by atoms with Crippen LogP contribution in [0.5, 0.6) is 0 Å². The van der Waals surface area contributed by atoms with Gasteiger partial charge in [0.25, 0.3) is 10.2 Å². The fraction of sp³-hybridized carbons (Fsp3) is 1.00. The minimum absolute atomic E-state index is 0.490. The van der Waals surface area contributed by atoms with E-state index >= 15 is 0 Å². The lowest BCUT2D eigenvalue weighted by molar-refractivity contribution is 0.193. The van der Waals surface area contributed by atoms with E-state index in [9.17, 15) is 8.42 Å². The van der Waals surface area contributed by atoms with Gasteiger partial charge < -0.3 is 10.1 Å². The van der Waals surface area contributed by atoms with Gasteiger partial charge in [-0.2, -0.15) is 12.7 Å². The van der Waals surface area contributed by atoms with E-state index in [2.05, 4.69) is 17.0 Å². The third-order valence-electron chi connectivity index (χ3n) is 3.83. The van der Waals surface area contributed by atoms with Gasteiger partial charge in [-0.05, 0) is 51.1 Å². The van der Waals surface area contributed by atoms with Gasteiger partial charge in [0.15, 0.2) is 0 Å². The molecule has 0 radical (unpaired) electrons. The number of rotatable bonds is 11. The summed E-state index contributed by atoms with van der Waals surface area (Å²) >= 11 is 0. The Kier molecular flexibility index (Phi) is 9.42. The quantitative estimate of drug-likeness (QED) is 0.556. The molecule has 0 saturated carbocycles. The maximum Gasteiger partial charge on any atom is 0.279 e. The Balaban J connectivity index is 2.22. The molecule has 0 aromatic heterocycles. The summed E-state index contributed by atoms with van der Waals surface area (Å²) in [5.41, 5.74) is 0. The number of piperidine rings is 1. The van der Waals surface area contributed by atoms with E-state index in [1.54, 1.807) is 11.4 Å². The highest BCUT2D eigenvalue weighted by atomic mass is 32.2. The molecule has 0 spiro atoms. The molecule has 21 heavy (non-hydrogen) atoms. The summed E-state index contributed by atoms with van der Waals surface area (Å²) in [4.78, 5) is 0. The molecule has 1 aliphatic rings. The van der Waals surface area contributed by atoms with Crippen LogP contribution in [0.15, 0.2) is 0 Å². The molecule has 0 aliphatic carbocycles.